The van der Waals surface area contributed by atoms with Crippen LogP contribution in [0.25, 0.3) is 0 Å². The molecule has 10 nitrogen and oxygen atoms in total. The van der Waals surface area contributed by atoms with E-state index >= 15 is 0 Å². The predicted molar refractivity (Wildman–Crippen MR) is 108 cm³/mol. The molecule has 30 heavy (non-hydrogen) atoms. The topological polar surface area (TPSA) is 128 Å². The Labute approximate surface area is 173 Å². The summed E-state index contributed by atoms with van der Waals surface area (Å²) in [7, 11) is 3.18. The highest BCUT2D eigenvalue weighted by atomic mass is 16.8. The van der Waals surface area contributed by atoms with Gasteiger partial charge in [-0.25, -0.2) is 0 Å². The maximum Gasteiger partial charge on any atom is 0.370 e. The Kier molecular flexibility index (Phi) is 5.86. The fourth-order valence-electron chi connectivity index (χ4n) is 2.98. The van der Waals surface area contributed by atoms with Crippen LogP contribution in [-0.4, -0.2) is 40.4 Å². The number of aryl methyl sites for hydroxylation is 1. The van der Waals surface area contributed by atoms with Gasteiger partial charge in [0.15, 0.2) is 5.75 Å². The number of phenolic OH excluding ortho intramolecular Hbond substituents is 1. The zero-order chi connectivity index (χ0) is 22.0. The second-order valence-corrected chi connectivity index (χ2v) is 7.48. The van der Waals surface area contributed by atoms with E-state index in [1.807, 2.05) is 32.9 Å². The molecule has 0 radical (unpaired) electrons. The van der Waals surface area contributed by atoms with Crippen LogP contribution in [0.2, 0.25) is 0 Å². The minimum absolute atomic E-state index is 0.0497. The van der Waals surface area contributed by atoms with Gasteiger partial charge in [-0.05, 0) is 37.1 Å². The van der Waals surface area contributed by atoms with Crippen LogP contribution in [0.5, 0.6) is 5.75 Å². The zero-order valence-corrected chi connectivity index (χ0v) is 17.5. The molecule has 0 saturated heterocycles. The first-order valence-electron chi connectivity index (χ1n) is 9.44. The summed E-state index contributed by atoms with van der Waals surface area (Å²) in [6, 6.07) is 8.18. The summed E-state index contributed by atoms with van der Waals surface area (Å²) in [5.74, 6) is 1.25. The first-order chi connectivity index (χ1) is 14.2. The quantitative estimate of drug-likeness (QED) is 0.342. The third-order valence-electron chi connectivity index (χ3n) is 4.58. The monoisotopic (exact) mass is 416 g/mol. The Bertz CT molecular complexity index is 1040. The van der Waals surface area contributed by atoms with Gasteiger partial charge in [0.2, 0.25) is 0 Å². The number of amides is 1. The Morgan fingerprint density at radius 1 is 1.23 bits per heavy atom. The number of aromatic hydroxyl groups is 1. The summed E-state index contributed by atoms with van der Waals surface area (Å²) >= 11 is 0. The molecule has 1 atom stereocenters. The number of benzene rings is 1. The number of nitrogens with one attached hydrogen (secondary N) is 2. The summed E-state index contributed by atoms with van der Waals surface area (Å²) in [6.07, 6.45) is 0. The van der Waals surface area contributed by atoms with Crippen molar-refractivity contribution in [1.82, 2.24) is 10.1 Å². The van der Waals surface area contributed by atoms with Gasteiger partial charge in [-0.1, -0.05) is 24.5 Å². The maximum absolute atomic E-state index is 12.3. The molecule has 0 fully saturated rings. The second-order valence-electron chi connectivity index (χ2n) is 7.48. The smallest absolute Gasteiger partial charge is 0.370 e. The first kappa shape index (κ1) is 21.0. The average molecular weight is 416 g/mol. The number of carbonyl (C=O) groups excluding carboxylic acids is 1. The van der Waals surface area contributed by atoms with E-state index in [1.54, 1.807) is 26.2 Å². The van der Waals surface area contributed by atoms with Crippen LogP contribution in [-0.2, 0) is 0 Å². The molecule has 3 aromatic rings. The number of para-hydroxylation sites is 1. The van der Waals surface area contributed by atoms with Crippen molar-refractivity contribution in [2.24, 2.45) is 5.92 Å². The number of furan rings is 1. The van der Waals surface area contributed by atoms with Gasteiger partial charge in [0.1, 0.15) is 27.3 Å². The lowest BCUT2D eigenvalue weighted by atomic mass is 10.0. The van der Waals surface area contributed by atoms with Gasteiger partial charge < -0.3 is 24.9 Å². The fraction of sp³-hybridized carbons (Fsp3) is 0.350. The molecule has 0 spiro atoms. The average Bonchev–Trinajstić information content (AvgIpc) is 3.26. The SMILES string of the molecule is Cc1ccc([C@H](Nc2no[n+](O)c2Nc2cccc(C(=O)N(C)C)c2O)C(C)C)o1. The van der Waals surface area contributed by atoms with E-state index < -0.39 is 0 Å². The van der Waals surface area contributed by atoms with Gasteiger partial charge in [-0.3, -0.25) is 10.1 Å². The van der Waals surface area contributed by atoms with Crippen molar-refractivity contribution in [3.05, 3.63) is 47.4 Å². The number of hydrogen-bond acceptors (Lipinski definition) is 8. The third kappa shape index (κ3) is 4.17. The fourth-order valence-corrected chi connectivity index (χ4v) is 2.98. The molecule has 2 aromatic heterocycles. The minimum atomic E-state index is -0.357. The molecule has 10 heteroatoms. The molecule has 0 bridgehead atoms. The zero-order valence-electron chi connectivity index (χ0n) is 17.5. The van der Waals surface area contributed by atoms with Crippen LogP contribution in [0.15, 0.2) is 39.4 Å². The van der Waals surface area contributed by atoms with E-state index in [1.165, 1.54) is 11.0 Å². The molecule has 1 aromatic carbocycles. The van der Waals surface area contributed by atoms with Gasteiger partial charge in [0.05, 0.1) is 11.6 Å². The summed E-state index contributed by atoms with van der Waals surface area (Å²) in [4.78, 5) is 14.1. The number of nitrogens with zero attached hydrogens (tertiary/aromatic N) is 3. The molecular weight excluding hydrogens is 390 g/mol. The van der Waals surface area contributed by atoms with Crippen molar-refractivity contribution >= 4 is 23.2 Å². The van der Waals surface area contributed by atoms with Gasteiger partial charge in [0.25, 0.3) is 5.91 Å². The van der Waals surface area contributed by atoms with E-state index in [0.717, 1.165) is 5.76 Å². The van der Waals surface area contributed by atoms with Crippen LogP contribution >= 0.6 is 0 Å². The number of aromatic nitrogens is 2. The molecule has 0 unspecified atom stereocenters. The number of carbonyl (C=O) groups is 1. The molecule has 0 aliphatic carbocycles. The maximum atomic E-state index is 12.3. The largest absolute Gasteiger partial charge is 0.504 e. The molecule has 1 amide bonds. The Morgan fingerprint density at radius 2 is 1.97 bits per heavy atom. The van der Waals surface area contributed by atoms with E-state index in [4.69, 9.17) is 9.05 Å². The molecule has 2 heterocycles. The number of phenols is 1. The normalized spacial score (nSPS) is 12.1. The van der Waals surface area contributed by atoms with Crippen molar-refractivity contribution in [2.45, 2.75) is 26.8 Å². The van der Waals surface area contributed by atoms with Crippen molar-refractivity contribution in [3.63, 3.8) is 0 Å². The van der Waals surface area contributed by atoms with Crippen LogP contribution in [0.3, 0.4) is 0 Å². The standard InChI is InChI=1S/C20H25N5O5/c1-11(2)16(15-10-9-12(3)29-15)22-18-19(25(28)30-23-18)21-14-8-6-7-13(17(14)26)20(27)24(4)5/h6-11,16,28H,1-5H3,(H2,22,23,26,27)/p+1/t16-/m1/s1. The second kappa shape index (κ2) is 8.36. The van der Waals surface area contributed by atoms with E-state index in [2.05, 4.69) is 15.8 Å². The van der Waals surface area contributed by atoms with Gasteiger partial charge >= 0.3 is 11.6 Å². The van der Waals surface area contributed by atoms with Gasteiger partial charge in [-0.2, -0.15) is 0 Å². The number of anilines is 3. The van der Waals surface area contributed by atoms with Gasteiger partial charge in [0, 0.05) is 14.1 Å². The molecule has 0 aliphatic heterocycles. The van der Waals surface area contributed by atoms with Crippen LogP contribution < -0.4 is 15.5 Å². The summed E-state index contributed by atoms with van der Waals surface area (Å²) in [6.45, 7) is 5.88. The highest BCUT2D eigenvalue weighted by Gasteiger charge is 2.30. The lowest BCUT2D eigenvalue weighted by Crippen LogP contribution is -2.30. The lowest BCUT2D eigenvalue weighted by molar-refractivity contribution is -1.03. The Morgan fingerprint density at radius 3 is 2.57 bits per heavy atom. The number of hydrogen-bond donors (Lipinski definition) is 4. The molecule has 160 valence electrons. The third-order valence-corrected chi connectivity index (χ3v) is 4.58. The Balaban J connectivity index is 1.92. The van der Waals surface area contributed by atoms with Crippen LogP contribution in [0.4, 0.5) is 17.3 Å². The van der Waals surface area contributed by atoms with Crippen molar-refractivity contribution in [3.8, 4) is 5.75 Å². The van der Waals surface area contributed by atoms with Crippen LogP contribution in [0.1, 0.15) is 41.8 Å². The summed E-state index contributed by atoms with van der Waals surface area (Å²) in [5.41, 5.74) is 0.318. The molecule has 4 N–H and O–H groups in total. The first-order valence-corrected chi connectivity index (χ1v) is 9.44. The lowest BCUT2D eigenvalue weighted by Gasteiger charge is -2.18. The number of rotatable bonds is 7. The Hall–Kier alpha value is -3.69. The van der Waals surface area contributed by atoms with E-state index in [9.17, 15) is 15.1 Å². The highest BCUT2D eigenvalue weighted by molar-refractivity contribution is 5.98. The summed E-state index contributed by atoms with van der Waals surface area (Å²) in [5, 5.41) is 30.5. The van der Waals surface area contributed by atoms with Crippen molar-refractivity contribution in [2.75, 3.05) is 24.7 Å². The van der Waals surface area contributed by atoms with E-state index in [-0.39, 0.29) is 46.5 Å². The van der Waals surface area contributed by atoms with Crippen molar-refractivity contribution < 1.29 is 29.1 Å². The highest BCUT2D eigenvalue weighted by Crippen LogP contribution is 2.34. The summed E-state index contributed by atoms with van der Waals surface area (Å²) < 4.78 is 10.6. The van der Waals surface area contributed by atoms with Crippen LogP contribution in [0, 0.1) is 12.8 Å². The molecule has 0 aliphatic rings. The minimum Gasteiger partial charge on any atom is -0.504 e. The molecule has 0 saturated carbocycles. The van der Waals surface area contributed by atoms with Crippen molar-refractivity contribution in [1.29, 1.82) is 0 Å². The molecule has 3 rings (SSSR count). The van der Waals surface area contributed by atoms with E-state index in [0.29, 0.717) is 10.7 Å². The van der Waals surface area contributed by atoms with Gasteiger partial charge in [-0.15, -0.1) is 0 Å². The predicted octanol–water partition coefficient (Wildman–Crippen LogP) is 3.06. The molecular formula is C20H26N5O5+.